The van der Waals surface area contributed by atoms with E-state index in [0.717, 1.165) is 22.5 Å². The molecular formula is C21H21N3O3. The van der Waals surface area contributed by atoms with Gasteiger partial charge in [0.05, 0.1) is 11.6 Å². The second-order valence-electron chi connectivity index (χ2n) is 7.00. The summed E-state index contributed by atoms with van der Waals surface area (Å²) in [6, 6.07) is 11.7. The highest BCUT2D eigenvalue weighted by atomic mass is 16.5. The zero-order valence-electron chi connectivity index (χ0n) is 15.4. The Morgan fingerprint density at radius 2 is 2.00 bits per heavy atom. The number of benzene rings is 1. The van der Waals surface area contributed by atoms with Gasteiger partial charge in [-0.1, -0.05) is 23.8 Å². The monoisotopic (exact) mass is 363 g/mol. The standard InChI is InChI=1S/C21H21N3O3/c1-14-5-7-18(8-6-14)24-11-16(10-19(24)25)21(26)27-13-17-12-23-9-3-4-15(2)20(23)22-17/h3-9,12,16H,10-11,13H2,1-2H3/t16-/m0/s1. The van der Waals surface area contributed by atoms with E-state index in [-0.39, 0.29) is 24.9 Å². The van der Waals surface area contributed by atoms with E-state index in [4.69, 9.17) is 4.74 Å². The van der Waals surface area contributed by atoms with Gasteiger partial charge in [-0.05, 0) is 37.6 Å². The molecule has 0 N–H and O–H groups in total. The van der Waals surface area contributed by atoms with Crippen LogP contribution in [-0.2, 0) is 20.9 Å². The number of ether oxygens (including phenoxy) is 1. The van der Waals surface area contributed by atoms with Crippen molar-refractivity contribution in [3.05, 3.63) is 65.6 Å². The van der Waals surface area contributed by atoms with E-state index in [0.29, 0.717) is 12.2 Å². The van der Waals surface area contributed by atoms with Gasteiger partial charge in [-0.15, -0.1) is 0 Å². The number of amides is 1. The molecule has 2 aromatic heterocycles. The molecule has 1 aliphatic heterocycles. The molecule has 0 saturated carbocycles. The molecule has 6 heteroatoms. The topological polar surface area (TPSA) is 63.9 Å². The van der Waals surface area contributed by atoms with Gasteiger partial charge in [-0.2, -0.15) is 0 Å². The number of fused-ring (bicyclic) bond motifs is 1. The van der Waals surface area contributed by atoms with E-state index in [1.54, 1.807) is 4.90 Å². The van der Waals surface area contributed by atoms with Crippen LogP contribution in [-0.4, -0.2) is 27.8 Å². The highest BCUT2D eigenvalue weighted by Gasteiger charge is 2.36. The summed E-state index contributed by atoms with van der Waals surface area (Å²) in [6.45, 7) is 4.44. The molecule has 1 aliphatic rings. The summed E-state index contributed by atoms with van der Waals surface area (Å²) < 4.78 is 7.35. The lowest BCUT2D eigenvalue weighted by Gasteiger charge is -2.16. The van der Waals surface area contributed by atoms with Gasteiger partial charge in [-0.3, -0.25) is 9.59 Å². The van der Waals surface area contributed by atoms with Crippen molar-refractivity contribution in [3.63, 3.8) is 0 Å². The van der Waals surface area contributed by atoms with Gasteiger partial charge in [0, 0.05) is 31.0 Å². The zero-order chi connectivity index (χ0) is 19.0. The van der Waals surface area contributed by atoms with E-state index < -0.39 is 5.92 Å². The number of carbonyl (C=O) groups is 2. The third kappa shape index (κ3) is 3.43. The number of rotatable bonds is 4. The summed E-state index contributed by atoms with van der Waals surface area (Å²) in [5.74, 6) is -0.853. The molecule has 3 aromatic rings. The summed E-state index contributed by atoms with van der Waals surface area (Å²) in [7, 11) is 0. The average molecular weight is 363 g/mol. The number of aryl methyl sites for hydroxylation is 2. The number of aromatic nitrogens is 2. The van der Waals surface area contributed by atoms with E-state index >= 15 is 0 Å². The summed E-state index contributed by atoms with van der Waals surface area (Å²) >= 11 is 0. The molecule has 3 heterocycles. The van der Waals surface area contributed by atoms with E-state index in [9.17, 15) is 9.59 Å². The third-order valence-electron chi connectivity index (χ3n) is 4.89. The maximum Gasteiger partial charge on any atom is 0.311 e. The lowest BCUT2D eigenvalue weighted by molar-refractivity contribution is -0.149. The number of carbonyl (C=O) groups excluding carboxylic acids is 2. The first-order valence-corrected chi connectivity index (χ1v) is 8.98. The van der Waals surface area contributed by atoms with Gasteiger partial charge in [-0.25, -0.2) is 4.98 Å². The first kappa shape index (κ1) is 17.3. The maximum atomic E-state index is 12.4. The SMILES string of the molecule is Cc1ccc(N2C[C@@H](C(=O)OCc3cn4cccc(C)c4n3)CC2=O)cc1. The van der Waals surface area contributed by atoms with Crippen molar-refractivity contribution in [1.29, 1.82) is 0 Å². The van der Waals surface area contributed by atoms with Crippen molar-refractivity contribution in [1.82, 2.24) is 9.38 Å². The van der Waals surface area contributed by atoms with Gasteiger partial charge in [0.25, 0.3) is 0 Å². The Morgan fingerprint density at radius 1 is 1.22 bits per heavy atom. The molecule has 0 radical (unpaired) electrons. The quantitative estimate of drug-likeness (QED) is 0.669. The highest BCUT2D eigenvalue weighted by molar-refractivity contribution is 5.99. The minimum Gasteiger partial charge on any atom is -0.459 e. The van der Waals surface area contributed by atoms with Crippen molar-refractivity contribution in [2.75, 3.05) is 11.4 Å². The van der Waals surface area contributed by atoms with Crippen LogP contribution in [0.25, 0.3) is 5.65 Å². The van der Waals surface area contributed by atoms with Crippen LogP contribution in [0.1, 0.15) is 23.2 Å². The van der Waals surface area contributed by atoms with Gasteiger partial charge in [0.15, 0.2) is 0 Å². The number of hydrogen-bond donors (Lipinski definition) is 0. The van der Waals surface area contributed by atoms with E-state index in [1.165, 1.54) is 0 Å². The minimum atomic E-state index is -0.447. The maximum absolute atomic E-state index is 12.4. The van der Waals surface area contributed by atoms with Crippen molar-refractivity contribution in [3.8, 4) is 0 Å². The summed E-state index contributed by atoms with van der Waals surface area (Å²) in [5.41, 5.74) is 4.55. The van der Waals surface area contributed by atoms with Crippen LogP contribution in [0.3, 0.4) is 0 Å². The van der Waals surface area contributed by atoms with Crippen LogP contribution >= 0.6 is 0 Å². The Labute approximate surface area is 157 Å². The second kappa shape index (κ2) is 6.87. The van der Waals surface area contributed by atoms with Crippen LogP contribution in [0.4, 0.5) is 5.69 Å². The van der Waals surface area contributed by atoms with Crippen LogP contribution in [0.15, 0.2) is 48.8 Å². The predicted octanol–water partition coefficient (Wildman–Crippen LogP) is 3.05. The van der Waals surface area contributed by atoms with Gasteiger partial charge in [0.1, 0.15) is 12.3 Å². The summed E-state index contributed by atoms with van der Waals surface area (Å²) in [4.78, 5) is 30.9. The molecule has 1 aromatic carbocycles. The fraction of sp³-hybridized carbons (Fsp3) is 0.286. The number of imidazole rings is 1. The highest BCUT2D eigenvalue weighted by Crippen LogP contribution is 2.26. The molecule has 0 unspecified atom stereocenters. The van der Waals surface area contributed by atoms with Crippen LogP contribution in [0.5, 0.6) is 0 Å². The van der Waals surface area contributed by atoms with Gasteiger partial charge in [0.2, 0.25) is 5.91 Å². The zero-order valence-corrected chi connectivity index (χ0v) is 15.4. The first-order chi connectivity index (χ1) is 13.0. The smallest absolute Gasteiger partial charge is 0.311 e. The van der Waals surface area contributed by atoms with Gasteiger partial charge < -0.3 is 14.0 Å². The molecule has 1 amide bonds. The van der Waals surface area contributed by atoms with Crippen molar-refractivity contribution >= 4 is 23.2 Å². The molecule has 6 nitrogen and oxygen atoms in total. The molecule has 4 rings (SSSR count). The molecule has 138 valence electrons. The fourth-order valence-corrected chi connectivity index (χ4v) is 3.38. The van der Waals surface area contributed by atoms with Crippen molar-refractivity contribution in [2.45, 2.75) is 26.9 Å². The number of nitrogens with zero attached hydrogens (tertiary/aromatic N) is 3. The molecular weight excluding hydrogens is 342 g/mol. The normalized spacial score (nSPS) is 16.9. The lowest BCUT2D eigenvalue weighted by atomic mass is 10.1. The Bertz CT molecular complexity index is 1010. The molecule has 0 spiro atoms. The van der Waals surface area contributed by atoms with Crippen LogP contribution < -0.4 is 4.90 Å². The molecule has 1 saturated heterocycles. The van der Waals surface area contributed by atoms with E-state index in [2.05, 4.69) is 4.98 Å². The van der Waals surface area contributed by atoms with Gasteiger partial charge >= 0.3 is 5.97 Å². The first-order valence-electron chi connectivity index (χ1n) is 8.98. The minimum absolute atomic E-state index is 0.0517. The Balaban J connectivity index is 1.40. The fourth-order valence-electron chi connectivity index (χ4n) is 3.38. The van der Waals surface area contributed by atoms with E-state index in [1.807, 2.05) is 67.0 Å². The number of esters is 1. The summed E-state index contributed by atoms with van der Waals surface area (Å²) in [5, 5.41) is 0. The molecule has 1 atom stereocenters. The Kier molecular flexibility index (Phi) is 4.39. The van der Waals surface area contributed by atoms with Crippen LogP contribution in [0, 0.1) is 19.8 Å². The summed E-state index contributed by atoms with van der Waals surface area (Å²) in [6.07, 6.45) is 3.95. The average Bonchev–Trinajstić information content (AvgIpc) is 3.25. The Morgan fingerprint density at radius 3 is 2.74 bits per heavy atom. The lowest BCUT2D eigenvalue weighted by Crippen LogP contribution is -2.26. The molecule has 0 bridgehead atoms. The van der Waals surface area contributed by atoms with Crippen molar-refractivity contribution < 1.29 is 14.3 Å². The second-order valence-corrected chi connectivity index (χ2v) is 7.00. The molecule has 27 heavy (non-hydrogen) atoms. The predicted molar refractivity (Wildman–Crippen MR) is 101 cm³/mol. The number of anilines is 1. The molecule has 1 fully saturated rings. The van der Waals surface area contributed by atoms with Crippen LogP contribution in [0.2, 0.25) is 0 Å². The Hall–Kier alpha value is -3.15. The number of pyridine rings is 1. The molecule has 0 aliphatic carbocycles. The number of hydrogen-bond acceptors (Lipinski definition) is 4. The largest absolute Gasteiger partial charge is 0.459 e. The third-order valence-corrected chi connectivity index (χ3v) is 4.89. The van der Waals surface area contributed by atoms with Crippen molar-refractivity contribution in [2.24, 2.45) is 5.92 Å².